The highest BCUT2D eigenvalue weighted by Gasteiger charge is 2.26. The van der Waals surface area contributed by atoms with Crippen molar-refractivity contribution in [3.63, 3.8) is 0 Å². The van der Waals surface area contributed by atoms with Gasteiger partial charge in [-0.1, -0.05) is 56.3 Å². The van der Waals surface area contributed by atoms with Gasteiger partial charge in [0.1, 0.15) is 0 Å². The Balaban J connectivity index is 1.48. The first-order chi connectivity index (χ1) is 14.7. The van der Waals surface area contributed by atoms with Gasteiger partial charge in [0, 0.05) is 24.3 Å². The van der Waals surface area contributed by atoms with E-state index in [9.17, 15) is 4.79 Å². The third kappa shape index (κ3) is 4.31. The largest absolute Gasteiger partial charge is 0.347 e. The minimum absolute atomic E-state index is 0.0861. The molecule has 0 saturated carbocycles. The Kier molecular flexibility index (Phi) is 6.29. The van der Waals surface area contributed by atoms with Crippen LogP contribution < -0.4 is 5.32 Å². The van der Waals surface area contributed by atoms with Crippen molar-refractivity contribution in [3.05, 3.63) is 82.7 Å². The molecule has 1 amide bonds. The highest BCUT2D eigenvalue weighted by atomic mass is 16.1. The highest BCUT2D eigenvalue weighted by Crippen LogP contribution is 2.27. The van der Waals surface area contributed by atoms with Crippen LogP contribution in [0.2, 0.25) is 0 Å². The zero-order chi connectivity index (χ0) is 20.9. The first-order valence-corrected chi connectivity index (χ1v) is 10.9. The molecular weight excluding hydrogens is 372 g/mol. The number of hydrogen-bond donors (Lipinski definition) is 1. The summed E-state index contributed by atoms with van der Waals surface area (Å²) in [7, 11) is 0. The smallest absolute Gasteiger partial charge is 0.272 e. The van der Waals surface area contributed by atoms with E-state index in [0.29, 0.717) is 12.2 Å². The van der Waals surface area contributed by atoms with Crippen molar-refractivity contribution in [2.45, 2.75) is 46.2 Å². The van der Waals surface area contributed by atoms with E-state index >= 15 is 0 Å². The summed E-state index contributed by atoms with van der Waals surface area (Å²) in [6.07, 6.45) is 2.97. The Morgan fingerprint density at radius 3 is 2.57 bits per heavy atom. The molecule has 1 heterocycles. The minimum Gasteiger partial charge on any atom is -0.347 e. The zero-order valence-electron chi connectivity index (χ0n) is 17.9. The molecule has 156 valence electrons. The van der Waals surface area contributed by atoms with Crippen molar-refractivity contribution >= 4 is 5.91 Å². The van der Waals surface area contributed by atoms with Gasteiger partial charge in [0.05, 0.1) is 5.69 Å². The first-order valence-electron chi connectivity index (χ1n) is 10.9. The summed E-state index contributed by atoms with van der Waals surface area (Å²) < 4.78 is 1.95. The van der Waals surface area contributed by atoms with Crippen LogP contribution in [-0.2, 0) is 25.9 Å². The van der Waals surface area contributed by atoms with Crippen LogP contribution in [0.25, 0.3) is 5.69 Å². The summed E-state index contributed by atoms with van der Waals surface area (Å²) in [5, 5.41) is 7.78. The van der Waals surface area contributed by atoms with Crippen molar-refractivity contribution in [3.8, 4) is 5.69 Å². The molecule has 0 radical (unpaired) electrons. The van der Waals surface area contributed by atoms with Gasteiger partial charge in [0.25, 0.3) is 5.91 Å². The Labute approximate surface area is 178 Å². The van der Waals surface area contributed by atoms with Crippen LogP contribution in [0, 0.1) is 0 Å². The molecule has 5 heteroatoms. The monoisotopic (exact) mass is 402 g/mol. The fourth-order valence-electron chi connectivity index (χ4n) is 4.21. The molecule has 4 rings (SSSR count). The van der Waals surface area contributed by atoms with Gasteiger partial charge in [-0.2, -0.15) is 5.10 Å². The van der Waals surface area contributed by atoms with Crippen LogP contribution in [0.5, 0.6) is 0 Å². The van der Waals surface area contributed by atoms with Crippen molar-refractivity contribution in [2.75, 3.05) is 13.1 Å². The molecule has 0 fully saturated rings. The summed E-state index contributed by atoms with van der Waals surface area (Å²) in [6, 6.07) is 18.6. The summed E-state index contributed by atoms with van der Waals surface area (Å²) in [4.78, 5) is 15.4. The van der Waals surface area contributed by atoms with E-state index in [-0.39, 0.29) is 5.91 Å². The Hall–Kier alpha value is -2.92. The van der Waals surface area contributed by atoms with Crippen LogP contribution >= 0.6 is 0 Å². The lowest BCUT2D eigenvalue weighted by Gasteiger charge is -2.18. The Bertz CT molecular complexity index is 1010. The van der Waals surface area contributed by atoms with Crippen LogP contribution in [-0.4, -0.2) is 33.7 Å². The topological polar surface area (TPSA) is 50.2 Å². The second-order valence-corrected chi connectivity index (χ2v) is 7.84. The third-order valence-corrected chi connectivity index (χ3v) is 5.89. The molecule has 1 aliphatic rings. The number of carbonyl (C=O) groups excluding carboxylic acids is 1. The van der Waals surface area contributed by atoms with Gasteiger partial charge in [-0.25, -0.2) is 4.68 Å². The number of hydrogen-bond acceptors (Lipinski definition) is 3. The number of amides is 1. The summed E-state index contributed by atoms with van der Waals surface area (Å²) >= 11 is 0. The fourth-order valence-corrected chi connectivity index (χ4v) is 4.21. The number of nitrogens with zero attached hydrogens (tertiary/aromatic N) is 3. The average molecular weight is 403 g/mol. The number of para-hydroxylation sites is 1. The number of nitrogens with one attached hydrogen (secondary N) is 1. The second-order valence-electron chi connectivity index (χ2n) is 7.84. The van der Waals surface area contributed by atoms with Gasteiger partial charge in [0.2, 0.25) is 0 Å². The summed E-state index contributed by atoms with van der Waals surface area (Å²) in [5.74, 6) is -0.0861. The number of fused-ring (bicyclic) bond motifs is 1. The molecule has 0 spiro atoms. The van der Waals surface area contributed by atoms with E-state index in [1.165, 1.54) is 11.3 Å². The predicted octanol–water partition coefficient (Wildman–Crippen LogP) is 4.13. The molecule has 2 aromatic carbocycles. The molecule has 0 unspecified atom stereocenters. The molecule has 0 aliphatic heterocycles. The maximum Gasteiger partial charge on any atom is 0.272 e. The quantitative estimate of drug-likeness (QED) is 0.616. The summed E-state index contributed by atoms with van der Waals surface area (Å²) in [6.45, 7) is 7.88. The molecule has 0 atom stereocenters. The number of aromatic nitrogens is 2. The molecule has 1 aromatic heterocycles. The molecule has 30 heavy (non-hydrogen) atoms. The third-order valence-electron chi connectivity index (χ3n) is 5.89. The number of rotatable bonds is 8. The van der Waals surface area contributed by atoms with Crippen LogP contribution in [0.1, 0.15) is 53.1 Å². The van der Waals surface area contributed by atoms with Gasteiger partial charge < -0.3 is 5.32 Å². The van der Waals surface area contributed by atoms with Crippen molar-refractivity contribution in [1.29, 1.82) is 0 Å². The van der Waals surface area contributed by atoms with Gasteiger partial charge in [-0.3, -0.25) is 9.69 Å². The highest BCUT2D eigenvalue weighted by molar-refractivity contribution is 5.94. The van der Waals surface area contributed by atoms with E-state index in [1.54, 1.807) is 0 Å². The lowest BCUT2D eigenvalue weighted by molar-refractivity contribution is 0.0944. The Morgan fingerprint density at radius 2 is 1.80 bits per heavy atom. The van der Waals surface area contributed by atoms with Crippen LogP contribution in [0.3, 0.4) is 0 Å². The summed E-state index contributed by atoms with van der Waals surface area (Å²) in [5.41, 5.74) is 6.26. The molecule has 1 aliphatic carbocycles. The van der Waals surface area contributed by atoms with Gasteiger partial charge >= 0.3 is 0 Å². The lowest BCUT2D eigenvalue weighted by atomic mass is 10.1. The number of benzene rings is 2. The minimum atomic E-state index is -0.0861. The zero-order valence-corrected chi connectivity index (χ0v) is 17.9. The number of carbonyl (C=O) groups is 1. The molecule has 5 nitrogen and oxygen atoms in total. The molecule has 3 aromatic rings. The van der Waals surface area contributed by atoms with Crippen molar-refractivity contribution in [2.24, 2.45) is 0 Å². The van der Waals surface area contributed by atoms with Crippen molar-refractivity contribution in [1.82, 2.24) is 20.0 Å². The van der Waals surface area contributed by atoms with E-state index < -0.39 is 0 Å². The van der Waals surface area contributed by atoms with E-state index in [2.05, 4.69) is 48.3 Å². The fraction of sp³-hybridized carbons (Fsp3) is 0.360. The molecule has 0 saturated heterocycles. The second kappa shape index (κ2) is 9.26. The van der Waals surface area contributed by atoms with E-state index in [0.717, 1.165) is 55.7 Å². The maximum absolute atomic E-state index is 13.0. The predicted molar refractivity (Wildman–Crippen MR) is 120 cm³/mol. The molecular formula is C25H30N4O. The van der Waals surface area contributed by atoms with Crippen LogP contribution in [0.15, 0.2) is 54.6 Å². The van der Waals surface area contributed by atoms with Crippen LogP contribution in [0.4, 0.5) is 0 Å². The average Bonchev–Trinajstić information content (AvgIpc) is 3.39. The Morgan fingerprint density at radius 1 is 1.03 bits per heavy atom. The van der Waals surface area contributed by atoms with E-state index in [1.807, 2.05) is 35.0 Å². The maximum atomic E-state index is 13.0. The van der Waals surface area contributed by atoms with E-state index in [4.69, 9.17) is 5.10 Å². The van der Waals surface area contributed by atoms with Gasteiger partial charge in [-0.15, -0.1) is 0 Å². The van der Waals surface area contributed by atoms with Crippen molar-refractivity contribution < 1.29 is 4.79 Å². The molecule has 0 bridgehead atoms. The SMILES string of the molecule is CCN(CC)Cc1cccc(CNC(=O)c2nn(-c3ccccc3)c3c2CCC3)c1. The normalized spacial score (nSPS) is 12.9. The van der Waals surface area contributed by atoms with Gasteiger partial charge in [-0.05, 0) is 55.6 Å². The lowest BCUT2D eigenvalue weighted by Crippen LogP contribution is -2.25. The first kappa shape index (κ1) is 20.4. The van der Waals surface area contributed by atoms with Gasteiger partial charge in [0.15, 0.2) is 5.69 Å². The standard InChI is InChI=1S/C25H30N4O/c1-3-28(4-2)18-20-11-8-10-19(16-20)17-26-25(30)24-22-14-9-15-23(22)29(27-24)21-12-6-5-7-13-21/h5-8,10-13,16H,3-4,9,14-15,17-18H2,1-2H3,(H,26,30). The molecule has 1 N–H and O–H groups in total.